The molecule has 5 heteroatoms. The molecule has 0 aliphatic rings. The molecule has 0 saturated heterocycles. The monoisotopic (exact) mass is 272 g/mol. The van der Waals surface area contributed by atoms with Crippen molar-refractivity contribution in [2.45, 2.75) is 25.6 Å². The van der Waals surface area contributed by atoms with Gasteiger partial charge >= 0.3 is 5.97 Å². The van der Waals surface area contributed by atoms with E-state index in [-0.39, 0.29) is 18.3 Å². The second-order valence-electron chi connectivity index (χ2n) is 3.89. The maximum Gasteiger partial charge on any atom is 0.310 e. The number of carbonyl (C=O) groups is 1. The van der Waals surface area contributed by atoms with Crippen molar-refractivity contribution in [2.24, 2.45) is 0 Å². The molecule has 0 aliphatic carbocycles. The van der Waals surface area contributed by atoms with Gasteiger partial charge in [0.25, 0.3) is 0 Å². The number of halogens is 1. The highest BCUT2D eigenvalue weighted by atomic mass is 35.5. The van der Waals surface area contributed by atoms with E-state index in [0.29, 0.717) is 12.2 Å². The highest BCUT2D eigenvalue weighted by molar-refractivity contribution is 6.18. The first-order valence-electron chi connectivity index (χ1n) is 5.75. The highest BCUT2D eigenvalue weighted by Crippen LogP contribution is 2.18. The first-order valence-corrected chi connectivity index (χ1v) is 6.28. The Morgan fingerprint density at radius 1 is 1.33 bits per heavy atom. The molecule has 1 aromatic rings. The van der Waals surface area contributed by atoms with Crippen LogP contribution in [0.1, 0.15) is 24.2 Å². The van der Waals surface area contributed by atoms with Crippen molar-refractivity contribution in [3.8, 4) is 0 Å². The third kappa shape index (κ3) is 4.29. The van der Waals surface area contributed by atoms with Crippen molar-refractivity contribution in [3.05, 3.63) is 35.4 Å². The summed E-state index contributed by atoms with van der Waals surface area (Å²) in [5.41, 5.74) is 1.36. The predicted octanol–water partition coefficient (Wildman–Crippen LogP) is 1.43. The Morgan fingerprint density at radius 3 is 2.44 bits per heavy atom. The van der Waals surface area contributed by atoms with Crippen LogP contribution < -0.4 is 0 Å². The molecule has 1 aromatic carbocycles. The molecule has 0 fully saturated rings. The van der Waals surface area contributed by atoms with Crippen LogP contribution in [0, 0.1) is 0 Å². The molecular weight excluding hydrogens is 256 g/mol. The van der Waals surface area contributed by atoms with Crippen LogP contribution in [0.25, 0.3) is 0 Å². The lowest BCUT2D eigenvalue weighted by molar-refractivity contribution is -0.142. The lowest BCUT2D eigenvalue weighted by Gasteiger charge is -2.15. The van der Waals surface area contributed by atoms with Gasteiger partial charge in [0.2, 0.25) is 0 Å². The van der Waals surface area contributed by atoms with Crippen molar-refractivity contribution >= 4 is 17.6 Å². The summed E-state index contributed by atoms with van der Waals surface area (Å²) in [5, 5.41) is 19.1. The number of aliphatic hydroxyl groups is 2. The quantitative estimate of drug-likeness (QED) is 0.607. The Morgan fingerprint density at radius 2 is 1.94 bits per heavy atom. The molecule has 100 valence electrons. The van der Waals surface area contributed by atoms with Crippen LogP contribution in [0.3, 0.4) is 0 Å². The van der Waals surface area contributed by atoms with Gasteiger partial charge in [0.15, 0.2) is 0 Å². The first kappa shape index (κ1) is 15.0. The van der Waals surface area contributed by atoms with E-state index in [1.807, 2.05) is 0 Å². The second kappa shape index (κ2) is 7.36. The van der Waals surface area contributed by atoms with E-state index >= 15 is 0 Å². The topological polar surface area (TPSA) is 66.8 Å². The van der Waals surface area contributed by atoms with Gasteiger partial charge in [0, 0.05) is 0 Å². The van der Waals surface area contributed by atoms with Gasteiger partial charge in [-0.25, -0.2) is 0 Å². The molecule has 0 aromatic heterocycles. The predicted molar refractivity (Wildman–Crippen MR) is 68.5 cm³/mol. The van der Waals surface area contributed by atoms with E-state index in [1.54, 1.807) is 31.2 Å². The van der Waals surface area contributed by atoms with Crippen LogP contribution >= 0.6 is 11.6 Å². The third-order valence-electron chi connectivity index (χ3n) is 2.50. The molecule has 1 rings (SSSR count). The van der Waals surface area contributed by atoms with Crippen LogP contribution in [-0.4, -0.2) is 34.8 Å². The Kier molecular flexibility index (Phi) is 6.12. The number of carbonyl (C=O) groups excluding carboxylic acids is 1. The second-order valence-corrected chi connectivity index (χ2v) is 4.20. The van der Waals surface area contributed by atoms with E-state index in [9.17, 15) is 15.0 Å². The van der Waals surface area contributed by atoms with E-state index in [2.05, 4.69) is 0 Å². The van der Waals surface area contributed by atoms with Crippen molar-refractivity contribution < 1.29 is 19.7 Å². The fourth-order valence-electron chi connectivity index (χ4n) is 1.52. The molecule has 4 nitrogen and oxygen atoms in total. The SMILES string of the molecule is CCOC(=O)Cc1ccc(C(O)C(O)CCl)cc1. The molecule has 0 bridgehead atoms. The number of aliphatic hydroxyl groups excluding tert-OH is 2. The summed E-state index contributed by atoms with van der Waals surface area (Å²) in [7, 11) is 0. The zero-order valence-electron chi connectivity index (χ0n) is 10.2. The van der Waals surface area contributed by atoms with Crippen molar-refractivity contribution in [3.63, 3.8) is 0 Å². The van der Waals surface area contributed by atoms with Crippen LogP contribution in [0.2, 0.25) is 0 Å². The summed E-state index contributed by atoms with van der Waals surface area (Å²) in [6, 6.07) is 6.76. The summed E-state index contributed by atoms with van der Waals surface area (Å²) in [6.45, 7) is 2.11. The van der Waals surface area contributed by atoms with Gasteiger partial charge in [-0.15, -0.1) is 11.6 Å². The van der Waals surface area contributed by atoms with Gasteiger partial charge in [-0.05, 0) is 18.1 Å². The lowest BCUT2D eigenvalue weighted by atomic mass is 10.0. The third-order valence-corrected chi connectivity index (χ3v) is 2.81. The first-order chi connectivity index (χ1) is 8.58. The maximum absolute atomic E-state index is 11.3. The standard InChI is InChI=1S/C13H17ClO4/c1-2-18-12(16)7-9-3-5-10(6-4-9)13(17)11(15)8-14/h3-6,11,13,15,17H,2,7-8H2,1H3. The molecule has 2 N–H and O–H groups in total. The fraction of sp³-hybridized carbons (Fsp3) is 0.462. The van der Waals surface area contributed by atoms with Gasteiger partial charge in [-0.1, -0.05) is 24.3 Å². The summed E-state index contributed by atoms with van der Waals surface area (Å²) < 4.78 is 4.83. The normalized spacial score (nSPS) is 14.0. The number of hydrogen-bond acceptors (Lipinski definition) is 4. The van der Waals surface area contributed by atoms with Gasteiger partial charge in [-0.3, -0.25) is 4.79 Å². The largest absolute Gasteiger partial charge is 0.466 e. The van der Waals surface area contributed by atoms with Gasteiger partial charge in [0.1, 0.15) is 6.10 Å². The van der Waals surface area contributed by atoms with Crippen LogP contribution in [-0.2, 0) is 16.0 Å². The number of alkyl halides is 1. The van der Waals surface area contributed by atoms with Gasteiger partial charge in [-0.2, -0.15) is 0 Å². The number of rotatable bonds is 6. The summed E-state index contributed by atoms with van der Waals surface area (Å²) >= 11 is 5.46. The molecule has 0 spiro atoms. The number of esters is 1. The zero-order valence-corrected chi connectivity index (χ0v) is 10.9. The maximum atomic E-state index is 11.3. The lowest BCUT2D eigenvalue weighted by Crippen LogP contribution is -2.19. The van der Waals surface area contributed by atoms with Crippen LogP contribution in [0.4, 0.5) is 0 Å². The van der Waals surface area contributed by atoms with Gasteiger partial charge < -0.3 is 14.9 Å². The summed E-state index contributed by atoms with van der Waals surface area (Å²) in [4.78, 5) is 11.3. The van der Waals surface area contributed by atoms with Gasteiger partial charge in [0.05, 0.1) is 25.0 Å². The number of hydrogen-bond donors (Lipinski definition) is 2. The number of ether oxygens (including phenoxy) is 1. The van der Waals surface area contributed by atoms with E-state index in [1.165, 1.54) is 0 Å². The summed E-state index contributed by atoms with van der Waals surface area (Å²) in [5.74, 6) is -0.322. The smallest absolute Gasteiger partial charge is 0.310 e. The minimum absolute atomic E-state index is 0.0360. The van der Waals surface area contributed by atoms with E-state index in [0.717, 1.165) is 5.56 Å². The number of benzene rings is 1. The van der Waals surface area contributed by atoms with E-state index < -0.39 is 12.2 Å². The molecular formula is C13H17ClO4. The zero-order chi connectivity index (χ0) is 13.5. The molecule has 0 aliphatic heterocycles. The van der Waals surface area contributed by atoms with Crippen molar-refractivity contribution in [1.29, 1.82) is 0 Å². The average Bonchev–Trinajstić information content (AvgIpc) is 2.38. The van der Waals surface area contributed by atoms with Crippen LogP contribution in [0.15, 0.2) is 24.3 Å². The molecule has 18 heavy (non-hydrogen) atoms. The summed E-state index contributed by atoms with van der Waals surface area (Å²) in [6.07, 6.45) is -1.82. The molecule has 0 radical (unpaired) electrons. The minimum atomic E-state index is -1.01. The fourth-order valence-corrected chi connectivity index (χ4v) is 1.69. The Hall–Kier alpha value is -1.10. The van der Waals surface area contributed by atoms with E-state index in [4.69, 9.17) is 16.3 Å². The minimum Gasteiger partial charge on any atom is -0.466 e. The molecule has 0 amide bonds. The molecule has 0 heterocycles. The van der Waals surface area contributed by atoms with Crippen molar-refractivity contribution in [2.75, 3.05) is 12.5 Å². The molecule has 0 saturated carbocycles. The Balaban J connectivity index is 2.65. The Labute approximate surface area is 111 Å². The molecule has 2 atom stereocenters. The molecule has 2 unspecified atom stereocenters. The highest BCUT2D eigenvalue weighted by Gasteiger charge is 2.17. The van der Waals surface area contributed by atoms with Crippen LogP contribution in [0.5, 0.6) is 0 Å². The van der Waals surface area contributed by atoms with Crippen molar-refractivity contribution in [1.82, 2.24) is 0 Å². The average molecular weight is 273 g/mol. The Bertz CT molecular complexity index is 377.